The van der Waals surface area contributed by atoms with Crippen LogP contribution in [0.15, 0.2) is 77.8 Å². The number of hydrogen-bond donors (Lipinski definition) is 7. The van der Waals surface area contributed by atoms with E-state index in [1.165, 1.54) is 0 Å². The summed E-state index contributed by atoms with van der Waals surface area (Å²) in [5, 5.41) is 13.4. The number of sulfonamides is 1. The lowest BCUT2D eigenvalue weighted by molar-refractivity contribution is -0.122. The van der Waals surface area contributed by atoms with Crippen molar-refractivity contribution in [3.05, 3.63) is 78.5 Å². The molecular formula is C28H34N6O6S2. The number of fused-ring (bicyclic) bond motifs is 2. The number of rotatable bonds is 8. The summed E-state index contributed by atoms with van der Waals surface area (Å²) in [4.78, 5) is 18.6. The van der Waals surface area contributed by atoms with Crippen molar-refractivity contribution in [2.24, 2.45) is 11.7 Å². The summed E-state index contributed by atoms with van der Waals surface area (Å²) in [6.45, 7) is 1.70. The maximum absolute atomic E-state index is 13.5. The highest BCUT2D eigenvalue weighted by Gasteiger charge is 2.28. The number of benzene rings is 3. The van der Waals surface area contributed by atoms with Crippen LogP contribution in [0.25, 0.3) is 21.7 Å². The highest BCUT2D eigenvalue weighted by Crippen LogP contribution is 2.22. The number of nitrogens with zero attached hydrogens (tertiary/aromatic N) is 1. The number of carbonyl (C=O) groups excluding carboxylic acids is 1. The van der Waals surface area contributed by atoms with Gasteiger partial charge in [0.05, 0.1) is 4.90 Å². The molecule has 1 aliphatic rings. The second-order valence-electron chi connectivity index (χ2n) is 10.1. The number of guanidine groups is 1. The number of piperidine rings is 1. The summed E-state index contributed by atoms with van der Waals surface area (Å²) in [5.41, 5.74) is 7.43. The van der Waals surface area contributed by atoms with Crippen LogP contribution in [-0.2, 0) is 32.6 Å². The lowest BCUT2D eigenvalue weighted by Gasteiger charge is -2.33. The van der Waals surface area contributed by atoms with Gasteiger partial charge in [-0.1, -0.05) is 48.5 Å². The fourth-order valence-electron chi connectivity index (χ4n) is 5.12. The maximum Gasteiger partial charge on any atom is 0.299 e. The molecular weight excluding hydrogens is 580 g/mol. The lowest BCUT2D eigenvalue weighted by Crippen LogP contribution is -2.51. The molecule has 4 aromatic rings. The largest absolute Gasteiger partial charge is 0.370 e. The molecule has 0 bridgehead atoms. The van der Waals surface area contributed by atoms with Gasteiger partial charge in [0.25, 0.3) is 11.4 Å². The summed E-state index contributed by atoms with van der Waals surface area (Å²) in [6.07, 6.45) is 3.79. The van der Waals surface area contributed by atoms with Crippen LogP contribution in [0, 0.1) is 11.3 Å². The van der Waals surface area contributed by atoms with Crippen LogP contribution in [0.2, 0.25) is 0 Å². The van der Waals surface area contributed by atoms with Crippen LogP contribution in [-0.4, -0.2) is 69.2 Å². The molecule has 3 aromatic carbocycles. The van der Waals surface area contributed by atoms with Gasteiger partial charge in [0.2, 0.25) is 15.9 Å². The number of aromatic nitrogens is 1. The molecule has 0 spiro atoms. The Morgan fingerprint density at radius 2 is 1.81 bits per heavy atom. The van der Waals surface area contributed by atoms with Crippen molar-refractivity contribution < 1.29 is 26.5 Å². The molecule has 0 aliphatic carbocycles. The van der Waals surface area contributed by atoms with E-state index in [0.717, 1.165) is 46.6 Å². The van der Waals surface area contributed by atoms with Gasteiger partial charge in [-0.25, -0.2) is 8.42 Å². The molecule has 1 amide bonds. The zero-order valence-electron chi connectivity index (χ0n) is 22.7. The number of carbonyl (C=O) groups is 1. The van der Waals surface area contributed by atoms with Crippen LogP contribution in [0.3, 0.4) is 0 Å². The normalized spacial score (nSPS) is 16.2. The number of H-pyrrole nitrogens is 1. The van der Waals surface area contributed by atoms with Gasteiger partial charge in [-0.05, 0) is 59.7 Å². The molecule has 12 nitrogen and oxygen atoms in total. The summed E-state index contributed by atoms with van der Waals surface area (Å²) in [7, 11) is -3.99. The monoisotopic (exact) mass is 614 g/mol. The molecule has 2 atom stereocenters. The highest BCUT2D eigenvalue weighted by molar-refractivity contribution is 7.89. The molecule has 1 saturated heterocycles. The van der Waals surface area contributed by atoms with Crippen molar-refractivity contribution >= 4 is 54.9 Å². The van der Waals surface area contributed by atoms with Crippen molar-refractivity contribution in [3.63, 3.8) is 0 Å². The SMILES string of the molecule is N=C(N)N1CCC[C@H](CNC(=O)[C@@H](Cc2c[nH]c3ccccc23)NS(=O)(=O)c2ccc3ccccc3c2)C1.O=S(O)O. The fourth-order valence-corrected chi connectivity index (χ4v) is 6.35. The standard InChI is InChI=1S/C28H32N6O3S.H2O3S/c29-28(30)34-13-5-6-19(18-34)16-32-27(35)26(15-22-17-31-25-10-4-3-9-24(22)25)33-38(36,37)23-12-11-20-7-1-2-8-21(20)14-23;1-4(2)3/h1-4,7-12,14,17,19,26,31,33H,5-6,13,15-16,18H2,(H3,29,30)(H,32,35);(H2,1,2,3)/t19-,26-;/m1./s1. The van der Waals surface area contributed by atoms with Crippen LogP contribution in [0.1, 0.15) is 18.4 Å². The first-order valence-corrected chi connectivity index (χ1v) is 15.8. The Hall–Kier alpha value is -3.82. The predicted molar refractivity (Wildman–Crippen MR) is 163 cm³/mol. The minimum absolute atomic E-state index is 0.0291. The van der Waals surface area contributed by atoms with E-state index in [1.54, 1.807) is 23.1 Å². The van der Waals surface area contributed by atoms with E-state index in [4.69, 9.17) is 24.5 Å². The zero-order valence-corrected chi connectivity index (χ0v) is 24.3. The summed E-state index contributed by atoms with van der Waals surface area (Å²) in [5.74, 6) is -0.233. The smallest absolute Gasteiger partial charge is 0.299 e. The van der Waals surface area contributed by atoms with Gasteiger partial charge in [-0.15, -0.1) is 0 Å². The predicted octanol–water partition coefficient (Wildman–Crippen LogP) is 2.61. The van der Waals surface area contributed by atoms with E-state index in [0.29, 0.717) is 13.1 Å². The molecule has 0 unspecified atom stereocenters. The Bertz CT molecular complexity index is 1690. The molecule has 0 saturated carbocycles. The van der Waals surface area contributed by atoms with Gasteiger partial charge in [-0.3, -0.25) is 19.3 Å². The Kier molecular flexibility index (Phi) is 10.3. The molecule has 224 valence electrons. The van der Waals surface area contributed by atoms with Crippen molar-refractivity contribution in [2.75, 3.05) is 19.6 Å². The number of aromatic amines is 1. The molecule has 14 heteroatoms. The maximum atomic E-state index is 13.5. The first-order chi connectivity index (χ1) is 20.0. The third kappa shape index (κ3) is 8.14. The second kappa shape index (κ2) is 13.9. The average molecular weight is 615 g/mol. The minimum Gasteiger partial charge on any atom is -0.370 e. The molecule has 0 radical (unpaired) electrons. The van der Waals surface area contributed by atoms with E-state index >= 15 is 0 Å². The molecule has 1 aliphatic heterocycles. The van der Waals surface area contributed by atoms with Crippen molar-refractivity contribution in [2.45, 2.75) is 30.2 Å². The van der Waals surface area contributed by atoms with E-state index in [-0.39, 0.29) is 29.1 Å². The molecule has 2 heterocycles. The Morgan fingerprint density at radius 3 is 2.55 bits per heavy atom. The Balaban J connectivity index is 0.000000952. The van der Waals surface area contributed by atoms with E-state index in [1.807, 2.05) is 54.7 Å². The van der Waals surface area contributed by atoms with E-state index in [9.17, 15) is 13.2 Å². The number of amides is 1. The molecule has 8 N–H and O–H groups in total. The third-order valence-corrected chi connectivity index (χ3v) is 8.64. The van der Waals surface area contributed by atoms with Gasteiger partial charge in [-0.2, -0.15) is 8.93 Å². The number of nitrogens with one attached hydrogen (secondary N) is 4. The first-order valence-electron chi connectivity index (χ1n) is 13.3. The lowest BCUT2D eigenvalue weighted by atomic mass is 9.98. The number of hydrogen-bond acceptors (Lipinski definition) is 5. The molecule has 42 heavy (non-hydrogen) atoms. The van der Waals surface area contributed by atoms with Crippen LogP contribution in [0.4, 0.5) is 0 Å². The van der Waals surface area contributed by atoms with Crippen LogP contribution in [0.5, 0.6) is 0 Å². The van der Waals surface area contributed by atoms with Crippen LogP contribution < -0.4 is 15.8 Å². The van der Waals surface area contributed by atoms with Crippen LogP contribution >= 0.6 is 0 Å². The number of nitrogens with two attached hydrogens (primary N) is 1. The van der Waals surface area contributed by atoms with E-state index in [2.05, 4.69) is 15.0 Å². The van der Waals surface area contributed by atoms with Gasteiger partial charge in [0.15, 0.2) is 5.96 Å². The zero-order chi connectivity index (χ0) is 30.3. The summed E-state index contributed by atoms with van der Waals surface area (Å²) >= 11 is -2.61. The summed E-state index contributed by atoms with van der Waals surface area (Å²) < 4.78 is 52.4. The Labute approximate surface area is 246 Å². The number of para-hydroxylation sites is 1. The second-order valence-corrected chi connectivity index (χ2v) is 12.2. The quantitative estimate of drug-likeness (QED) is 0.0891. The van der Waals surface area contributed by atoms with Crippen molar-refractivity contribution in [1.29, 1.82) is 5.41 Å². The van der Waals surface area contributed by atoms with Gasteiger partial charge < -0.3 is 20.9 Å². The van der Waals surface area contributed by atoms with Gasteiger partial charge in [0.1, 0.15) is 6.04 Å². The third-order valence-electron chi connectivity index (χ3n) is 7.17. The van der Waals surface area contributed by atoms with Crippen molar-refractivity contribution in [3.8, 4) is 0 Å². The van der Waals surface area contributed by atoms with Gasteiger partial charge >= 0.3 is 0 Å². The minimum atomic E-state index is -3.99. The average Bonchev–Trinajstić information content (AvgIpc) is 3.37. The number of likely N-dealkylation sites (tertiary alicyclic amines) is 1. The fraction of sp³-hybridized carbons (Fsp3) is 0.286. The van der Waals surface area contributed by atoms with Gasteiger partial charge in [0, 0.05) is 36.7 Å². The van der Waals surface area contributed by atoms with Crippen molar-refractivity contribution in [1.82, 2.24) is 19.9 Å². The topological polar surface area (TPSA) is 202 Å². The molecule has 1 fully saturated rings. The first kappa shape index (κ1) is 31.1. The summed E-state index contributed by atoms with van der Waals surface area (Å²) in [6, 6.07) is 19.2. The highest BCUT2D eigenvalue weighted by atomic mass is 32.2. The molecule has 1 aromatic heterocycles. The van der Waals surface area contributed by atoms with E-state index < -0.39 is 27.4 Å². The Morgan fingerprint density at radius 1 is 1.12 bits per heavy atom. The molecule has 5 rings (SSSR count).